The van der Waals surface area contributed by atoms with Gasteiger partial charge in [0.15, 0.2) is 0 Å². The molecule has 0 aromatic rings. The molecule has 1 aliphatic rings. The van der Waals surface area contributed by atoms with Crippen LogP contribution in [-0.2, 0) is 10.2 Å². The smallest absolute Gasteiger partial charge is 0.281 e. The van der Waals surface area contributed by atoms with Gasteiger partial charge in [-0.15, -0.1) is 0 Å². The Balaban J connectivity index is 2.60. The molecule has 0 aliphatic carbocycles. The number of hydrogen-bond acceptors (Lipinski definition) is 3. The van der Waals surface area contributed by atoms with Crippen molar-refractivity contribution in [2.75, 3.05) is 39.8 Å². The maximum atomic E-state index is 12.3. The largest absolute Gasteiger partial charge is 0.298 e. The first-order valence-electron chi connectivity index (χ1n) is 6.70. The zero-order valence-electron chi connectivity index (χ0n) is 12.3. The molecule has 108 valence electrons. The van der Waals surface area contributed by atoms with Gasteiger partial charge in [-0.25, -0.2) is 0 Å². The lowest BCUT2D eigenvalue weighted by molar-refractivity contribution is 0.149. The first-order valence-corrected chi connectivity index (χ1v) is 8.10. The molecule has 0 unspecified atom stereocenters. The highest BCUT2D eigenvalue weighted by Gasteiger charge is 2.30. The molecule has 0 N–H and O–H groups in total. The third-order valence-corrected chi connectivity index (χ3v) is 5.30. The Labute approximate surface area is 112 Å². The molecule has 0 radical (unpaired) electrons. The van der Waals surface area contributed by atoms with E-state index in [9.17, 15) is 8.42 Å². The second-order valence-corrected chi connectivity index (χ2v) is 7.75. The minimum Gasteiger partial charge on any atom is -0.298 e. The Kier molecular flexibility index (Phi) is 5.58. The fourth-order valence-corrected chi connectivity index (χ4v) is 3.76. The van der Waals surface area contributed by atoms with E-state index in [1.807, 2.05) is 13.8 Å². The van der Waals surface area contributed by atoms with Gasteiger partial charge in [0.05, 0.1) is 0 Å². The number of nitrogens with zero attached hydrogens (tertiary/aromatic N) is 3. The van der Waals surface area contributed by atoms with Crippen molar-refractivity contribution in [3.05, 3.63) is 0 Å². The summed E-state index contributed by atoms with van der Waals surface area (Å²) in [5.74, 6) is 0.349. The zero-order valence-corrected chi connectivity index (χ0v) is 13.1. The van der Waals surface area contributed by atoms with E-state index in [-0.39, 0.29) is 0 Å². The first-order chi connectivity index (χ1) is 8.25. The highest BCUT2D eigenvalue weighted by atomic mass is 32.2. The predicted molar refractivity (Wildman–Crippen MR) is 74.7 cm³/mol. The molecule has 1 heterocycles. The Morgan fingerprint density at radius 2 is 1.56 bits per heavy atom. The van der Waals surface area contributed by atoms with Crippen LogP contribution in [0.4, 0.5) is 0 Å². The summed E-state index contributed by atoms with van der Waals surface area (Å²) in [4.78, 5) is 2.31. The fourth-order valence-electron chi connectivity index (χ4n) is 2.26. The SMILES string of the molecule is CC(C)CN(C)S(=O)(=O)N1CCN(C(C)C)CC1. The molecule has 6 heteroatoms. The van der Waals surface area contributed by atoms with Crippen LogP contribution in [0.5, 0.6) is 0 Å². The van der Waals surface area contributed by atoms with Crippen molar-refractivity contribution in [3.8, 4) is 0 Å². The second-order valence-electron chi connectivity index (χ2n) is 5.71. The monoisotopic (exact) mass is 277 g/mol. The summed E-state index contributed by atoms with van der Waals surface area (Å²) in [6.07, 6.45) is 0. The molecule has 18 heavy (non-hydrogen) atoms. The van der Waals surface area contributed by atoms with Crippen molar-refractivity contribution < 1.29 is 8.42 Å². The van der Waals surface area contributed by atoms with E-state index in [1.54, 1.807) is 11.4 Å². The van der Waals surface area contributed by atoms with Crippen LogP contribution in [0, 0.1) is 5.92 Å². The molecule has 5 nitrogen and oxygen atoms in total. The number of piperazine rings is 1. The van der Waals surface area contributed by atoms with Crippen LogP contribution in [-0.4, -0.2) is 67.7 Å². The van der Waals surface area contributed by atoms with Crippen molar-refractivity contribution in [3.63, 3.8) is 0 Å². The van der Waals surface area contributed by atoms with Gasteiger partial charge in [-0.3, -0.25) is 4.90 Å². The summed E-state index contributed by atoms with van der Waals surface area (Å²) < 4.78 is 27.7. The van der Waals surface area contributed by atoms with Gasteiger partial charge < -0.3 is 0 Å². The zero-order chi connectivity index (χ0) is 13.9. The normalized spacial score (nSPS) is 20.2. The van der Waals surface area contributed by atoms with E-state index in [1.165, 1.54) is 4.31 Å². The molecule has 0 aromatic heterocycles. The average molecular weight is 277 g/mol. The summed E-state index contributed by atoms with van der Waals surface area (Å²) >= 11 is 0. The van der Waals surface area contributed by atoms with Crippen LogP contribution in [0.3, 0.4) is 0 Å². The molecule has 1 fully saturated rings. The molecule has 1 saturated heterocycles. The van der Waals surface area contributed by atoms with Crippen LogP contribution < -0.4 is 0 Å². The standard InChI is InChI=1S/C12H27N3O2S/c1-11(2)10-13(5)18(16,17)15-8-6-14(7-9-15)12(3)4/h11-12H,6-10H2,1-5H3. The highest BCUT2D eigenvalue weighted by molar-refractivity contribution is 7.86. The summed E-state index contributed by atoms with van der Waals surface area (Å²) in [6, 6.07) is 0.489. The Hall–Kier alpha value is -0.170. The molecule has 0 aromatic carbocycles. The summed E-state index contributed by atoms with van der Waals surface area (Å²) in [6.45, 7) is 11.8. The van der Waals surface area contributed by atoms with Crippen LogP contribution in [0.25, 0.3) is 0 Å². The maximum Gasteiger partial charge on any atom is 0.281 e. The third-order valence-electron chi connectivity index (χ3n) is 3.35. The van der Waals surface area contributed by atoms with Gasteiger partial charge in [-0.1, -0.05) is 13.8 Å². The van der Waals surface area contributed by atoms with Crippen molar-refractivity contribution in [1.29, 1.82) is 0 Å². The van der Waals surface area contributed by atoms with Gasteiger partial charge in [-0.05, 0) is 19.8 Å². The van der Waals surface area contributed by atoms with Gasteiger partial charge in [0.1, 0.15) is 0 Å². The number of hydrogen-bond donors (Lipinski definition) is 0. The van der Waals surface area contributed by atoms with E-state index >= 15 is 0 Å². The average Bonchev–Trinajstić information content (AvgIpc) is 2.28. The molecular formula is C12H27N3O2S. The summed E-state index contributed by atoms with van der Waals surface area (Å²) in [5, 5.41) is 0. The molecule has 0 atom stereocenters. The minimum atomic E-state index is -3.27. The molecule has 1 rings (SSSR count). The van der Waals surface area contributed by atoms with E-state index in [0.717, 1.165) is 13.1 Å². The van der Waals surface area contributed by atoms with Gasteiger partial charge in [0, 0.05) is 45.8 Å². The fraction of sp³-hybridized carbons (Fsp3) is 1.00. The molecule has 0 saturated carbocycles. The molecule has 0 amide bonds. The lowest BCUT2D eigenvalue weighted by Gasteiger charge is -2.37. The van der Waals surface area contributed by atoms with Crippen LogP contribution in [0.15, 0.2) is 0 Å². The molecule has 0 bridgehead atoms. The maximum absolute atomic E-state index is 12.3. The van der Waals surface area contributed by atoms with Crippen molar-refractivity contribution in [2.45, 2.75) is 33.7 Å². The lowest BCUT2D eigenvalue weighted by Crippen LogP contribution is -2.54. The molecule has 0 spiro atoms. The molecule has 1 aliphatic heterocycles. The highest BCUT2D eigenvalue weighted by Crippen LogP contribution is 2.13. The van der Waals surface area contributed by atoms with Crippen molar-refractivity contribution in [1.82, 2.24) is 13.5 Å². The van der Waals surface area contributed by atoms with Crippen LogP contribution in [0.1, 0.15) is 27.7 Å². The lowest BCUT2D eigenvalue weighted by atomic mass is 10.2. The van der Waals surface area contributed by atoms with E-state index in [4.69, 9.17) is 0 Å². The van der Waals surface area contributed by atoms with E-state index in [0.29, 0.717) is 31.6 Å². The Morgan fingerprint density at radius 3 is 1.94 bits per heavy atom. The number of rotatable bonds is 5. The first kappa shape index (κ1) is 15.9. The minimum absolute atomic E-state index is 0.349. The quantitative estimate of drug-likeness (QED) is 0.748. The topological polar surface area (TPSA) is 43.9 Å². The van der Waals surface area contributed by atoms with Gasteiger partial charge >= 0.3 is 0 Å². The second kappa shape index (κ2) is 6.32. The van der Waals surface area contributed by atoms with Gasteiger partial charge in [0.2, 0.25) is 0 Å². The predicted octanol–water partition coefficient (Wildman–Crippen LogP) is 0.845. The summed E-state index contributed by atoms with van der Waals surface area (Å²) in [7, 11) is -1.60. The van der Waals surface area contributed by atoms with Gasteiger partial charge in [-0.2, -0.15) is 17.0 Å². The van der Waals surface area contributed by atoms with Crippen molar-refractivity contribution in [2.24, 2.45) is 5.92 Å². The van der Waals surface area contributed by atoms with Crippen molar-refractivity contribution >= 4 is 10.2 Å². The Morgan fingerprint density at radius 1 is 1.06 bits per heavy atom. The van der Waals surface area contributed by atoms with E-state index in [2.05, 4.69) is 18.7 Å². The Bertz CT molecular complexity index is 346. The third kappa shape index (κ3) is 3.91. The molecular weight excluding hydrogens is 250 g/mol. The summed E-state index contributed by atoms with van der Waals surface area (Å²) in [5.41, 5.74) is 0. The van der Waals surface area contributed by atoms with Crippen LogP contribution >= 0.6 is 0 Å². The van der Waals surface area contributed by atoms with Gasteiger partial charge in [0.25, 0.3) is 10.2 Å². The van der Waals surface area contributed by atoms with E-state index < -0.39 is 10.2 Å². The van der Waals surface area contributed by atoms with Crippen LogP contribution in [0.2, 0.25) is 0 Å².